The number of aliphatic hydroxyl groups excluding tert-OH is 1. The van der Waals surface area contributed by atoms with Gasteiger partial charge >= 0.3 is 0 Å². The van der Waals surface area contributed by atoms with Crippen LogP contribution in [0.25, 0.3) is 0 Å². The normalized spacial score (nSPS) is 15.5. The Bertz CT molecular complexity index is 163. The first kappa shape index (κ1) is 8.43. The molecule has 0 spiro atoms. The first-order valence-corrected chi connectivity index (χ1v) is 3.96. The van der Waals surface area contributed by atoms with E-state index in [9.17, 15) is 0 Å². The van der Waals surface area contributed by atoms with E-state index in [2.05, 4.69) is 16.4 Å². The average molecular weight is 154 g/mol. The lowest BCUT2D eigenvalue weighted by Crippen LogP contribution is -2.18. The van der Waals surface area contributed by atoms with Crippen molar-refractivity contribution in [1.29, 1.82) is 0 Å². The molecule has 3 nitrogen and oxygen atoms in total. The molecule has 0 aliphatic carbocycles. The Kier molecular flexibility index (Phi) is 3.86. The second kappa shape index (κ2) is 5.04. The lowest BCUT2D eigenvalue weighted by Gasteiger charge is -2.00. The SMILES string of the molecule is OCCCNCC1=CCC=N1. The zero-order valence-electron chi connectivity index (χ0n) is 6.58. The summed E-state index contributed by atoms with van der Waals surface area (Å²) in [6, 6.07) is 0. The van der Waals surface area contributed by atoms with Gasteiger partial charge in [-0.15, -0.1) is 0 Å². The van der Waals surface area contributed by atoms with Gasteiger partial charge in [-0.2, -0.15) is 0 Å². The van der Waals surface area contributed by atoms with Crippen molar-refractivity contribution in [2.45, 2.75) is 12.8 Å². The molecule has 0 bridgehead atoms. The van der Waals surface area contributed by atoms with E-state index in [0.29, 0.717) is 0 Å². The lowest BCUT2D eigenvalue weighted by atomic mass is 10.4. The number of nitrogens with one attached hydrogen (secondary N) is 1. The van der Waals surface area contributed by atoms with Gasteiger partial charge in [0.15, 0.2) is 0 Å². The number of rotatable bonds is 5. The highest BCUT2D eigenvalue weighted by atomic mass is 16.3. The van der Waals surface area contributed by atoms with Crippen molar-refractivity contribution < 1.29 is 5.11 Å². The molecule has 0 aromatic carbocycles. The topological polar surface area (TPSA) is 44.6 Å². The van der Waals surface area contributed by atoms with Gasteiger partial charge in [0.25, 0.3) is 0 Å². The minimum atomic E-state index is 0.259. The standard InChI is InChI=1S/C8H14N2O/c11-6-2-4-9-7-8-3-1-5-10-8/h3,5,9,11H,1-2,4,6-7H2. The van der Waals surface area contributed by atoms with Crippen LogP contribution in [0.4, 0.5) is 0 Å². The molecule has 3 heteroatoms. The van der Waals surface area contributed by atoms with E-state index in [1.807, 2.05) is 6.21 Å². The van der Waals surface area contributed by atoms with Crippen LogP contribution in [-0.2, 0) is 0 Å². The van der Waals surface area contributed by atoms with Crippen LogP contribution in [0.1, 0.15) is 12.8 Å². The maximum atomic E-state index is 8.47. The molecule has 0 saturated heterocycles. The third kappa shape index (κ3) is 3.30. The third-order valence-corrected chi connectivity index (χ3v) is 1.53. The van der Waals surface area contributed by atoms with E-state index >= 15 is 0 Å². The molecule has 0 atom stereocenters. The van der Waals surface area contributed by atoms with Crippen molar-refractivity contribution in [1.82, 2.24) is 5.32 Å². The number of hydrogen-bond acceptors (Lipinski definition) is 3. The second-order valence-corrected chi connectivity index (χ2v) is 2.50. The molecule has 11 heavy (non-hydrogen) atoms. The summed E-state index contributed by atoms with van der Waals surface area (Å²) >= 11 is 0. The van der Waals surface area contributed by atoms with Crippen LogP contribution in [0.15, 0.2) is 16.8 Å². The van der Waals surface area contributed by atoms with E-state index in [4.69, 9.17) is 5.11 Å². The molecule has 1 rings (SSSR count). The summed E-state index contributed by atoms with van der Waals surface area (Å²) < 4.78 is 0. The van der Waals surface area contributed by atoms with Crippen molar-refractivity contribution in [2.24, 2.45) is 4.99 Å². The van der Waals surface area contributed by atoms with Gasteiger partial charge in [0.2, 0.25) is 0 Å². The van der Waals surface area contributed by atoms with Gasteiger partial charge in [0.05, 0.1) is 5.70 Å². The predicted molar refractivity (Wildman–Crippen MR) is 45.8 cm³/mol. The number of nitrogens with zero attached hydrogens (tertiary/aromatic N) is 1. The van der Waals surface area contributed by atoms with Crippen molar-refractivity contribution in [3.63, 3.8) is 0 Å². The molecule has 1 aliphatic heterocycles. The van der Waals surface area contributed by atoms with Gasteiger partial charge in [-0.25, -0.2) is 0 Å². The van der Waals surface area contributed by atoms with Crippen LogP contribution in [0.2, 0.25) is 0 Å². The Labute approximate surface area is 66.8 Å². The average Bonchev–Trinajstić information content (AvgIpc) is 2.50. The highest BCUT2D eigenvalue weighted by Gasteiger charge is 1.96. The van der Waals surface area contributed by atoms with E-state index in [-0.39, 0.29) is 6.61 Å². The maximum absolute atomic E-state index is 8.47. The fourth-order valence-corrected chi connectivity index (χ4v) is 0.950. The van der Waals surface area contributed by atoms with Gasteiger partial charge < -0.3 is 10.4 Å². The fourth-order valence-electron chi connectivity index (χ4n) is 0.950. The molecule has 0 radical (unpaired) electrons. The second-order valence-electron chi connectivity index (χ2n) is 2.50. The summed E-state index contributed by atoms with van der Waals surface area (Å²) in [6.45, 7) is 1.95. The summed E-state index contributed by atoms with van der Waals surface area (Å²) in [5.74, 6) is 0. The van der Waals surface area contributed by atoms with Crippen molar-refractivity contribution in [3.8, 4) is 0 Å². The van der Waals surface area contributed by atoms with Crippen LogP contribution in [0.5, 0.6) is 0 Å². The van der Waals surface area contributed by atoms with Crippen LogP contribution in [0.3, 0.4) is 0 Å². The van der Waals surface area contributed by atoms with Crippen LogP contribution in [0, 0.1) is 0 Å². The molecule has 0 unspecified atom stereocenters. The first-order valence-electron chi connectivity index (χ1n) is 3.96. The number of aliphatic hydroxyl groups is 1. The predicted octanol–water partition coefficient (Wildman–Crippen LogP) is 0.317. The Hall–Kier alpha value is -0.670. The molecule has 1 aliphatic rings. The molecule has 0 fully saturated rings. The zero-order valence-corrected chi connectivity index (χ0v) is 6.58. The molecule has 0 amide bonds. The van der Waals surface area contributed by atoms with Crippen LogP contribution in [-0.4, -0.2) is 31.0 Å². The summed E-state index contributed by atoms with van der Waals surface area (Å²) in [5.41, 5.74) is 1.11. The Morgan fingerprint density at radius 3 is 3.18 bits per heavy atom. The van der Waals surface area contributed by atoms with E-state index in [0.717, 1.165) is 31.6 Å². The summed E-state index contributed by atoms with van der Waals surface area (Å²) in [4.78, 5) is 4.14. The Balaban J connectivity index is 1.99. The third-order valence-electron chi connectivity index (χ3n) is 1.53. The van der Waals surface area contributed by atoms with Gasteiger partial charge in [0.1, 0.15) is 0 Å². The summed E-state index contributed by atoms with van der Waals surface area (Å²) in [7, 11) is 0. The summed E-state index contributed by atoms with van der Waals surface area (Å²) in [5, 5.41) is 11.7. The Morgan fingerprint density at radius 1 is 1.64 bits per heavy atom. The molecule has 0 saturated carbocycles. The molecule has 0 aromatic rings. The minimum Gasteiger partial charge on any atom is -0.396 e. The quantitative estimate of drug-likeness (QED) is 0.560. The van der Waals surface area contributed by atoms with Crippen LogP contribution >= 0.6 is 0 Å². The lowest BCUT2D eigenvalue weighted by molar-refractivity contribution is 0.287. The maximum Gasteiger partial charge on any atom is 0.0501 e. The number of hydrogen-bond donors (Lipinski definition) is 2. The molecule has 1 heterocycles. The van der Waals surface area contributed by atoms with Gasteiger partial charge in [0, 0.05) is 25.8 Å². The Morgan fingerprint density at radius 2 is 2.55 bits per heavy atom. The fraction of sp³-hybridized carbons (Fsp3) is 0.625. The molecule has 0 aromatic heterocycles. The van der Waals surface area contributed by atoms with Crippen LogP contribution < -0.4 is 5.32 Å². The van der Waals surface area contributed by atoms with Gasteiger partial charge in [-0.05, 0) is 13.0 Å². The zero-order chi connectivity index (χ0) is 7.94. The largest absolute Gasteiger partial charge is 0.396 e. The van der Waals surface area contributed by atoms with Crippen molar-refractivity contribution in [2.75, 3.05) is 19.7 Å². The van der Waals surface area contributed by atoms with Gasteiger partial charge in [-0.1, -0.05) is 6.08 Å². The van der Waals surface area contributed by atoms with E-state index < -0.39 is 0 Å². The number of aliphatic imine (C=N–C) groups is 1. The summed E-state index contributed by atoms with van der Waals surface area (Å²) in [6.07, 6.45) is 5.79. The molecular formula is C8H14N2O. The smallest absolute Gasteiger partial charge is 0.0501 e. The van der Waals surface area contributed by atoms with Crippen molar-refractivity contribution >= 4 is 6.21 Å². The monoisotopic (exact) mass is 154 g/mol. The highest BCUT2D eigenvalue weighted by Crippen LogP contribution is 2.02. The minimum absolute atomic E-state index is 0.259. The highest BCUT2D eigenvalue weighted by molar-refractivity contribution is 5.64. The molecule has 2 N–H and O–H groups in total. The van der Waals surface area contributed by atoms with Crippen molar-refractivity contribution in [3.05, 3.63) is 11.8 Å². The molecular weight excluding hydrogens is 140 g/mol. The van der Waals surface area contributed by atoms with E-state index in [1.165, 1.54) is 0 Å². The first-order chi connectivity index (χ1) is 5.43. The molecule has 62 valence electrons. The number of allylic oxidation sites excluding steroid dienone is 1. The van der Waals surface area contributed by atoms with E-state index in [1.54, 1.807) is 0 Å². The van der Waals surface area contributed by atoms with Gasteiger partial charge in [-0.3, -0.25) is 4.99 Å².